The molecule has 1 fully saturated rings. The van der Waals surface area contributed by atoms with Crippen molar-refractivity contribution in [2.45, 2.75) is 18.9 Å². The smallest absolute Gasteiger partial charge is 0.254 e. The molecule has 1 amide bonds. The predicted molar refractivity (Wildman–Crippen MR) is 113 cm³/mol. The number of hydrogen-bond acceptors (Lipinski definition) is 5. The molecule has 150 valence electrons. The number of likely N-dealkylation sites (tertiary alicyclic amines) is 1. The monoisotopic (exact) mass is 448 g/mol. The number of carbonyl (C=O) groups is 1. The van der Waals surface area contributed by atoms with Crippen molar-refractivity contribution in [1.82, 2.24) is 4.90 Å². The summed E-state index contributed by atoms with van der Waals surface area (Å²) in [7, 11) is 4.64. The Hall–Kier alpha value is -2.41. The number of nitrogens with one attached hydrogen (secondary N) is 1. The van der Waals surface area contributed by atoms with Gasteiger partial charge in [-0.05, 0) is 43.2 Å². The van der Waals surface area contributed by atoms with E-state index in [-0.39, 0.29) is 5.91 Å². The van der Waals surface area contributed by atoms with Gasteiger partial charge in [-0.25, -0.2) is 0 Å². The molecule has 0 spiro atoms. The summed E-state index contributed by atoms with van der Waals surface area (Å²) in [6.07, 6.45) is 1.78. The molecule has 0 atom stereocenters. The van der Waals surface area contributed by atoms with E-state index >= 15 is 0 Å². The molecule has 1 heterocycles. The molecule has 0 bridgehead atoms. The van der Waals surface area contributed by atoms with E-state index < -0.39 is 0 Å². The maximum atomic E-state index is 13.0. The Balaban J connectivity index is 1.66. The van der Waals surface area contributed by atoms with Crippen molar-refractivity contribution < 1.29 is 19.0 Å². The molecule has 28 heavy (non-hydrogen) atoms. The molecule has 1 saturated heterocycles. The number of nitrogens with zero attached hydrogens (tertiary/aromatic N) is 1. The maximum Gasteiger partial charge on any atom is 0.254 e. The Labute approximate surface area is 173 Å². The minimum atomic E-state index is -0.0276. The van der Waals surface area contributed by atoms with Crippen LogP contribution in [0.2, 0.25) is 0 Å². The molecule has 3 rings (SSSR count). The molecule has 1 aliphatic heterocycles. The van der Waals surface area contributed by atoms with Crippen LogP contribution in [0, 0.1) is 0 Å². The van der Waals surface area contributed by atoms with Gasteiger partial charge < -0.3 is 24.4 Å². The topological polar surface area (TPSA) is 60.0 Å². The van der Waals surface area contributed by atoms with Crippen LogP contribution in [0.3, 0.4) is 0 Å². The molecule has 0 aromatic heterocycles. The summed E-state index contributed by atoms with van der Waals surface area (Å²) >= 11 is 3.49. The van der Waals surface area contributed by atoms with Gasteiger partial charge in [-0.2, -0.15) is 0 Å². The van der Waals surface area contributed by atoms with E-state index in [1.54, 1.807) is 33.5 Å². The van der Waals surface area contributed by atoms with E-state index in [4.69, 9.17) is 14.2 Å². The van der Waals surface area contributed by atoms with Gasteiger partial charge in [0.15, 0.2) is 11.5 Å². The first-order valence-electron chi connectivity index (χ1n) is 9.17. The van der Waals surface area contributed by atoms with Crippen molar-refractivity contribution in [2.75, 3.05) is 39.7 Å². The van der Waals surface area contributed by atoms with Crippen molar-refractivity contribution in [3.63, 3.8) is 0 Å². The molecule has 2 aromatic rings. The van der Waals surface area contributed by atoms with Gasteiger partial charge in [0.05, 0.1) is 21.3 Å². The lowest BCUT2D eigenvalue weighted by Gasteiger charge is -2.33. The molecule has 7 heteroatoms. The molecule has 6 nitrogen and oxygen atoms in total. The van der Waals surface area contributed by atoms with Crippen molar-refractivity contribution in [1.29, 1.82) is 0 Å². The third-order valence-electron chi connectivity index (χ3n) is 4.89. The Bertz CT molecular complexity index is 810. The first-order chi connectivity index (χ1) is 13.5. The van der Waals surface area contributed by atoms with E-state index in [1.807, 2.05) is 17.0 Å². The summed E-state index contributed by atoms with van der Waals surface area (Å²) in [4.78, 5) is 14.9. The quantitative estimate of drug-likeness (QED) is 0.717. The first kappa shape index (κ1) is 20.3. The average Bonchev–Trinajstić information content (AvgIpc) is 2.72. The van der Waals surface area contributed by atoms with Crippen LogP contribution in [-0.4, -0.2) is 51.3 Å². The fraction of sp³-hybridized carbons (Fsp3) is 0.381. The first-order valence-corrected chi connectivity index (χ1v) is 9.96. The molecule has 2 aromatic carbocycles. The number of benzene rings is 2. The van der Waals surface area contributed by atoms with Crippen LogP contribution in [0.15, 0.2) is 40.9 Å². The fourth-order valence-corrected chi connectivity index (χ4v) is 3.83. The van der Waals surface area contributed by atoms with E-state index in [0.29, 0.717) is 41.9 Å². The van der Waals surface area contributed by atoms with Crippen LogP contribution in [0.25, 0.3) is 0 Å². The fourth-order valence-electron chi connectivity index (χ4n) is 3.43. The highest BCUT2D eigenvalue weighted by atomic mass is 79.9. The maximum absolute atomic E-state index is 13.0. The summed E-state index contributed by atoms with van der Waals surface area (Å²) in [5.74, 6) is 1.42. The van der Waals surface area contributed by atoms with E-state index in [1.165, 1.54) is 0 Å². The number of piperidine rings is 1. The molecule has 0 unspecified atom stereocenters. The van der Waals surface area contributed by atoms with Crippen molar-refractivity contribution in [3.05, 3.63) is 46.4 Å². The number of carbonyl (C=O) groups excluding carboxylic acids is 1. The normalized spacial score (nSPS) is 14.5. The van der Waals surface area contributed by atoms with Gasteiger partial charge in [-0.3, -0.25) is 4.79 Å². The molecule has 0 radical (unpaired) electrons. The Morgan fingerprint density at radius 1 is 1.04 bits per heavy atom. The third kappa shape index (κ3) is 4.52. The zero-order valence-electron chi connectivity index (χ0n) is 16.3. The highest BCUT2D eigenvalue weighted by Gasteiger charge is 2.25. The van der Waals surface area contributed by atoms with Crippen molar-refractivity contribution in [3.8, 4) is 17.2 Å². The highest BCUT2D eigenvalue weighted by Crippen LogP contribution is 2.38. The number of anilines is 1. The van der Waals surface area contributed by atoms with Crippen molar-refractivity contribution in [2.24, 2.45) is 0 Å². The zero-order chi connectivity index (χ0) is 20.1. The Kier molecular flexibility index (Phi) is 6.67. The van der Waals surface area contributed by atoms with Crippen LogP contribution < -0.4 is 19.5 Å². The number of hydrogen-bond donors (Lipinski definition) is 1. The van der Waals surface area contributed by atoms with Crippen LogP contribution in [0.4, 0.5) is 5.69 Å². The summed E-state index contributed by atoms with van der Waals surface area (Å²) < 4.78 is 17.1. The van der Waals surface area contributed by atoms with Crippen LogP contribution in [0.1, 0.15) is 23.2 Å². The number of methoxy groups -OCH3 is 3. The minimum Gasteiger partial charge on any atom is -0.493 e. The van der Waals surface area contributed by atoms with Gasteiger partial charge in [-0.15, -0.1) is 0 Å². The summed E-state index contributed by atoms with van der Waals surface area (Å²) in [5.41, 5.74) is 1.62. The number of amides is 1. The molecule has 0 saturated carbocycles. The summed E-state index contributed by atoms with van der Waals surface area (Å²) in [6, 6.07) is 11.9. The summed E-state index contributed by atoms with van der Waals surface area (Å²) in [6.45, 7) is 1.39. The van der Waals surface area contributed by atoms with Gasteiger partial charge in [0, 0.05) is 34.9 Å². The third-order valence-corrected chi connectivity index (χ3v) is 5.38. The standard InChI is InChI=1S/C21H25BrN2O4/c1-26-18-11-14(12-19(27-2)20(18)28-3)21(25)24-9-7-16(8-10-24)23-17-6-4-5-15(22)13-17/h4-6,11-13,16,23H,7-10H2,1-3H3. The van der Waals surface area contributed by atoms with Crippen LogP contribution >= 0.6 is 15.9 Å². The van der Waals surface area contributed by atoms with E-state index in [2.05, 4.69) is 33.4 Å². The zero-order valence-corrected chi connectivity index (χ0v) is 17.9. The second kappa shape index (κ2) is 9.19. The second-order valence-electron chi connectivity index (χ2n) is 6.64. The van der Waals surface area contributed by atoms with Gasteiger partial charge >= 0.3 is 0 Å². The SMILES string of the molecule is COc1cc(C(=O)N2CCC(Nc3cccc(Br)c3)CC2)cc(OC)c1OC. The molecule has 0 aliphatic carbocycles. The molecular weight excluding hydrogens is 424 g/mol. The lowest BCUT2D eigenvalue weighted by Crippen LogP contribution is -2.42. The predicted octanol–water partition coefficient (Wildman–Crippen LogP) is 4.19. The Morgan fingerprint density at radius 3 is 2.21 bits per heavy atom. The van der Waals surface area contributed by atoms with Gasteiger partial charge in [0.25, 0.3) is 5.91 Å². The molecular formula is C21H25BrN2O4. The molecule has 1 N–H and O–H groups in total. The van der Waals surface area contributed by atoms with E-state index in [9.17, 15) is 4.79 Å². The number of rotatable bonds is 6. The van der Waals surface area contributed by atoms with Gasteiger partial charge in [-0.1, -0.05) is 22.0 Å². The highest BCUT2D eigenvalue weighted by molar-refractivity contribution is 9.10. The van der Waals surface area contributed by atoms with Gasteiger partial charge in [0.2, 0.25) is 5.75 Å². The van der Waals surface area contributed by atoms with Crippen LogP contribution in [0.5, 0.6) is 17.2 Å². The largest absolute Gasteiger partial charge is 0.493 e. The van der Waals surface area contributed by atoms with E-state index in [0.717, 1.165) is 23.0 Å². The Morgan fingerprint density at radius 2 is 1.68 bits per heavy atom. The lowest BCUT2D eigenvalue weighted by molar-refractivity contribution is 0.0717. The minimum absolute atomic E-state index is 0.0276. The lowest BCUT2D eigenvalue weighted by atomic mass is 10.0. The van der Waals surface area contributed by atoms with Gasteiger partial charge in [0.1, 0.15) is 0 Å². The average molecular weight is 449 g/mol. The molecule has 1 aliphatic rings. The van der Waals surface area contributed by atoms with Crippen LogP contribution in [-0.2, 0) is 0 Å². The number of halogens is 1. The summed E-state index contributed by atoms with van der Waals surface area (Å²) in [5, 5.41) is 3.55. The number of ether oxygens (including phenoxy) is 3. The van der Waals surface area contributed by atoms with Crippen molar-refractivity contribution >= 4 is 27.5 Å². The second-order valence-corrected chi connectivity index (χ2v) is 7.55.